The molecule has 0 aliphatic heterocycles. The number of nitrogens with one attached hydrogen (secondary N) is 1. The van der Waals surface area contributed by atoms with Gasteiger partial charge in [0.25, 0.3) is 5.91 Å². The summed E-state index contributed by atoms with van der Waals surface area (Å²) < 4.78 is 9.75. The van der Waals surface area contributed by atoms with Crippen LogP contribution in [0.15, 0.2) is 53.1 Å². The van der Waals surface area contributed by atoms with Crippen molar-refractivity contribution in [3.63, 3.8) is 0 Å². The lowest BCUT2D eigenvalue weighted by Crippen LogP contribution is -2.34. The van der Waals surface area contributed by atoms with Crippen molar-refractivity contribution >= 4 is 22.6 Å². The molecule has 0 aliphatic rings. The molecular weight excluding hydrogens is 308 g/mol. The SMILES string of the molecule is COC(=O)C(NC(=O)c1cc(C)no1)c1ccc2ccccc2c1. The lowest BCUT2D eigenvalue weighted by molar-refractivity contribution is -0.143. The largest absolute Gasteiger partial charge is 0.467 e. The van der Waals surface area contributed by atoms with Crippen LogP contribution in [0.5, 0.6) is 0 Å². The monoisotopic (exact) mass is 324 g/mol. The highest BCUT2D eigenvalue weighted by Gasteiger charge is 2.25. The number of amides is 1. The summed E-state index contributed by atoms with van der Waals surface area (Å²) in [7, 11) is 1.28. The number of rotatable bonds is 4. The molecule has 0 fully saturated rings. The molecule has 0 saturated carbocycles. The molecule has 3 rings (SSSR count). The number of benzene rings is 2. The van der Waals surface area contributed by atoms with E-state index in [-0.39, 0.29) is 5.76 Å². The van der Waals surface area contributed by atoms with Gasteiger partial charge in [0, 0.05) is 6.07 Å². The predicted octanol–water partition coefficient (Wildman–Crippen LogP) is 2.78. The number of carbonyl (C=O) groups excluding carboxylic acids is 2. The molecule has 1 N–H and O–H groups in total. The number of hydrogen-bond donors (Lipinski definition) is 1. The molecule has 6 heteroatoms. The Balaban J connectivity index is 1.93. The molecule has 0 radical (unpaired) electrons. The van der Waals surface area contributed by atoms with Crippen LogP contribution in [0.4, 0.5) is 0 Å². The van der Waals surface area contributed by atoms with E-state index in [1.54, 1.807) is 13.0 Å². The smallest absolute Gasteiger partial charge is 0.333 e. The number of hydrogen-bond acceptors (Lipinski definition) is 5. The van der Waals surface area contributed by atoms with Crippen LogP contribution in [0, 0.1) is 6.92 Å². The van der Waals surface area contributed by atoms with Gasteiger partial charge in [-0.1, -0.05) is 41.6 Å². The van der Waals surface area contributed by atoms with Crippen molar-refractivity contribution in [3.05, 3.63) is 65.5 Å². The van der Waals surface area contributed by atoms with Gasteiger partial charge in [0.1, 0.15) is 0 Å². The maximum absolute atomic E-state index is 12.3. The van der Waals surface area contributed by atoms with Gasteiger partial charge in [-0.2, -0.15) is 0 Å². The van der Waals surface area contributed by atoms with Gasteiger partial charge in [0.05, 0.1) is 12.8 Å². The van der Waals surface area contributed by atoms with Crippen molar-refractivity contribution in [2.45, 2.75) is 13.0 Å². The molecule has 6 nitrogen and oxygen atoms in total. The first kappa shape index (κ1) is 15.7. The second-order valence-corrected chi connectivity index (χ2v) is 5.37. The summed E-state index contributed by atoms with van der Waals surface area (Å²) in [6, 6.07) is 13.9. The lowest BCUT2D eigenvalue weighted by atomic mass is 10.0. The van der Waals surface area contributed by atoms with Crippen LogP contribution >= 0.6 is 0 Å². The third kappa shape index (κ3) is 3.12. The fourth-order valence-corrected chi connectivity index (χ4v) is 2.46. The molecule has 0 spiro atoms. The fourth-order valence-electron chi connectivity index (χ4n) is 2.46. The van der Waals surface area contributed by atoms with Gasteiger partial charge in [0.15, 0.2) is 6.04 Å². The number of methoxy groups -OCH3 is 1. The van der Waals surface area contributed by atoms with Gasteiger partial charge < -0.3 is 14.6 Å². The van der Waals surface area contributed by atoms with E-state index in [2.05, 4.69) is 10.5 Å². The Morgan fingerprint density at radius 3 is 2.54 bits per heavy atom. The van der Waals surface area contributed by atoms with Gasteiger partial charge in [-0.05, 0) is 29.3 Å². The molecule has 1 atom stereocenters. The third-order valence-corrected chi connectivity index (χ3v) is 3.67. The van der Waals surface area contributed by atoms with E-state index >= 15 is 0 Å². The summed E-state index contributed by atoms with van der Waals surface area (Å²) in [6.45, 7) is 1.71. The molecule has 1 aromatic heterocycles. The van der Waals surface area contributed by atoms with Gasteiger partial charge in [0.2, 0.25) is 5.76 Å². The number of nitrogens with zero attached hydrogens (tertiary/aromatic N) is 1. The van der Waals surface area contributed by atoms with E-state index in [1.165, 1.54) is 13.2 Å². The number of ether oxygens (including phenoxy) is 1. The first-order valence-corrected chi connectivity index (χ1v) is 7.39. The number of esters is 1. The summed E-state index contributed by atoms with van der Waals surface area (Å²) in [5.74, 6) is -1.05. The predicted molar refractivity (Wildman–Crippen MR) is 87.4 cm³/mol. The van der Waals surface area contributed by atoms with Gasteiger partial charge in [-0.3, -0.25) is 4.79 Å². The summed E-state index contributed by atoms with van der Waals surface area (Å²) in [4.78, 5) is 24.4. The molecule has 2 aromatic carbocycles. The quantitative estimate of drug-likeness (QED) is 0.746. The third-order valence-electron chi connectivity index (χ3n) is 3.67. The molecule has 1 heterocycles. The van der Waals surface area contributed by atoms with Crippen LogP contribution in [-0.2, 0) is 9.53 Å². The molecule has 0 saturated heterocycles. The van der Waals surface area contributed by atoms with Crippen LogP contribution < -0.4 is 5.32 Å². The van der Waals surface area contributed by atoms with E-state index in [4.69, 9.17) is 9.26 Å². The maximum Gasteiger partial charge on any atom is 0.333 e. The van der Waals surface area contributed by atoms with Crippen molar-refractivity contribution in [2.75, 3.05) is 7.11 Å². The Bertz CT molecular complexity index is 901. The number of fused-ring (bicyclic) bond motifs is 1. The Hall–Kier alpha value is -3.15. The first-order chi connectivity index (χ1) is 11.6. The summed E-state index contributed by atoms with van der Waals surface area (Å²) in [5, 5.41) is 8.31. The second kappa shape index (κ2) is 6.54. The minimum absolute atomic E-state index is 0.0437. The van der Waals surface area contributed by atoms with E-state index < -0.39 is 17.9 Å². The average molecular weight is 324 g/mol. The standard InChI is InChI=1S/C18H16N2O4/c1-11-9-15(24-20-11)17(21)19-16(18(22)23-2)14-8-7-12-5-3-4-6-13(12)10-14/h3-10,16H,1-2H3,(H,19,21). The minimum atomic E-state index is -0.933. The molecule has 1 unspecified atom stereocenters. The van der Waals surface area contributed by atoms with Crippen molar-refractivity contribution in [1.82, 2.24) is 10.5 Å². The summed E-state index contributed by atoms with van der Waals surface area (Å²) in [6.07, 6.45) is 0. The highest BCUT2D eigenvalue weighted by molar-refractivity contribution is 5.95. The van der Waals surface area contributed by atoms with Crippen molar-refractivity contribution in [1.29, 1.82) is 0 Å². The lowest BCUT2D eigenvalue weighted by Gasteiger charge is -2.16. The maximum atomic E-state index is 12.3. The molecule has 0 aliphatic carbocycles. The van der Waals surface area contributed by atoms with Gasteiger partial charge in [-0.15, -0.1) is 0 Å². The summed E-state index contributed by atoms with van der Waals surface area (Å²) >= 11 is 0. The van der Waals surface area contributed by atoms with Crippen LogP contribution in [-0.4, -0.2) is 24.1 Å². The number of aromatic nitrogens is 1. The molecular formula is C18H16N2O4. The Morgan fingerprint density at radius 1 is 1.12 bits per heavy atom. The van der Waals surface area contributed by atoms with E-state index in [0.29, 0.717) is 11.3 Å². The molecule has 122 valence electrons. The zero-order valence-corrected chi connectivity index (χ0v) is 13.3. The zero-order valence-electron chi connectivity index (χ0n) is 13.3. The van der Waals surface area contributed by atoms with E-state index in [1.807, 2.05) is 36.4 Å². The van der Waals surface area contributed by atoms with Crippen LogP contribution in [0.1, 0.15) is 27.9 Å². The van der Waals surface area contributed by atoms with Crippen LogP contribution in [0.2, 0.25) is 0 Å². The van der Waals surface area contributed by atoms with Gasteiger partial charge >= 0.3 is 5.97 Å². The van der Waals surface area contributed by atoms with Gasteiger partial charge in [-0.25, -0.2) is 4.79 Å². The topological polar surface area (TPSA) is 81.4 Å². The molecule has 1 amide bonds. The van der Waals surface area contributed by atoms with Crippen molar-refractivity contribution < 1.29 is 18.8 Å². The zero-order chi connectivity index (χ0) is 17.1. The first-order valence-electron chi connectivity index (χ1n) is 7.39. The Kier molecular flexibility index (Phi) is 4.29. The highest BCUT2D eigenvalue weighted by Crippen LogP contribution is 2.22. The Morgan fingerprint density at radius 2 is 1.88 bits per heavy atom. The normalized spacial score (nSPS) is 11.9. The van der Waals surface area contributed by atoms with Crippen LogP contribution in [0.3, 0.4) is 0 Å². The molecule has 0 bridgehead atoms. The van der Waals surface area contributed by atoms with Crippen molar-refractivity contribution in [3.8, 4) is 0 Å². The van der Waals surface area contributed by atoms with E-state index in [0.717, 1.165) is 10.8 Å². The number of aryl methyl sites for hydroxylation is 1. The minimum Gasteiger partial charge on any atom is -0.467 e. The Labute approximate surface area is 138 Å². The number of carbonyl (C=O) groups is 2. The fraction of sp³-hybridized carbons (Fsp3) is 0.167. The second-order valence-electron chi connectivity index (χ2n) is 5.37. The molecule has 24 heavy (non-hydrogen) atoms. The summed E-state index contributed by atoms with van der Waals surface area (Å²) in [5.41, 5.74) is 1.21. The van der Waals surface area contributed by atoms with Crippen LogP contribution in [0.25, 0.3) is 10.8 Å². The van der Waals surface area contributed by atoms with Crippen molar-refractivity contribution in [2.24, 2.45) is 0 Å². The highest BCUT2D eigenvalue weighted by atomic mass is 16.5. The molecule has 3 aromatic rings. The van der Waals surface area contributed by atoms with E-state index in [9.17, 15) is 9.59 Å². The average Bonchev–Trinajstić information content (AvgIpc) is 3.05.